The number of carbonyl (C=O) groups excluding carboxylic acids is 1. The van der Waals surface area contributed by atoms with Crippen molar-refractivity contribution >= 4 is 42.7 Å². The van der Waals surface area contributed by atoms with E-state index in [0.717, 1.165) is 61.0 Å². The lowest BCUT2D eigenvalue weighted by Crippen LogP contribution is -2.64. The fraction of sp³-hybridized carbons (Fsp3) is 0.233. The van der Waals surface area contributed by atoms with Crippen molar-refractivity contribution in [3.63, 3.8) is 0 Å². The van der Waals surface area contributed by atoms with Gasteiger partial charge in [0.1, 0.15) is 0 Å². The van der Waals surface area contributed by atoms with Gasteiger partial charge >= 0.3 is 0 Å². The molecule has 4 aromatic rings. The third kappa shape index (κ3) is 6.06. The summed E-state index contributed by atoms with van der Waals surface area (Å²) in [5.41, 5.74) is 2.67. The summed E-state index contributed by atoms with van der Waals surface area (Å²) in [7, 11) is -5.70. The van der Waals surface area contributed by atoms with Crippen LogP contribution in [0, 0.1) is 0 Å². The van der Waals surface area contributed by atoms with Crippen LogP contribution in [0.2, 0.25) is 12.1 Å². The average molecular weight is 637 g/mol. The zero-order valence-corrected chi connectivity index (χ0v) is 29.7. The molecule has 0 saturated heterocycles. The summed E-state index contributed by atoms with van der Waals surface area (Å²) in [4.78, 5) is 16.1. The second-order valence-electron chi connectivity index (χ2n) is 12.5. The number of ketones is 1. The Bertz CT molecular complexity index is 1480. The Morgan fingerprint density at radius 1 is 0.500 bits per heavy atom. The van der Waals surface area contributed by atoms with Gasteiger partial charge in [0, 0.05) is 10.4 Å². The maximum atomic E-state index is 16.1. The predicted molar refractivity (Wildman–Crippen MR) is 204 cm³/mol. The summed E-state index contributed by atoms with van der Waals surface area (Å²) in [6.07, 6.45) is 10.3. The summed E-state index contributed by atoms with van der Waals surface area (Å²) >= 11 is 0. The van der Waals surface area contributed by atoms with Gasteiger partial charge in [-0.1, -0.05) is 160 Å². The average Bonchev–Trinajstić information content (AvgIpc) is 3.39. The number of rotatable bonds is 16. The van der Waals surface area contributed by atoms with E-state index in [9.17, 15) is 0 Å². The first-order valence-electron chi connectivity index (χ1n) is 17.1. The van der Waals surface area contributed by atoms with Crippen molar-refractivity contribution in [1.82, 2.24) is 0 Å². The second-order valence-corrected chi connectivity index (χ2v) is 20.3. The molecule has 1 aliphatic carbocycles. The maximum absolute atomic E-state index is 16.1. The van der Waals surface area contributed by atoms with E-state index in [2.05, 4.69) is 160 Å². The van der Waals surface area contributed by atoms with Gasteiger partial charge in [-0.05, 0) is 69.7 Å². The molecule has 4 aromatic carbocycles. The number of allylic oxidation sites excluding steroid dienone is 6. The molecule has 0 heterocycles. The van der Waals surface area contributed by atoms with Gasteiger partial charge in [-0.2, -0.15) is 0 Å². The lowest BCUT2D eigenvalue weighted by molar-refractivity contribution is -0.111. The molecule has 0 atom stereocenters. The summed E-state index contributed by atoms with van der Waals surface area (Å²) in [6.45, 7) is 13.2. The molecule has 3 heteroatoms. The van der Waals surface area contributed by atoms with Crippen LogP contribution < -0.4 is 20.7 Å². The van der Waals surface area contributed by atoms with E-state index in [4.69, 9.17) is 0 Å². The molecule has 0 spiro atoms. The van der Waals surface area contributed by atoms with Crippen molar-refractivity contribution in [2.75, 3.05) is 0 Å². The lowest BCUT2D eigenvalue weighted by Gasteiger charge is -2.37. The van der Waals surface area contributed by atoms with Gasteiger partial charge in [0.2, 0.25) is 0 Å². The number of unbranched alkanes of at least 4 members (excludes halogenated alkanes) is 2. The molecule has 0 aromatic heterocycles. The topological polar surface area (TPSA) is 17.1 Å². The van der Waals surface area contributed by atoms with Crippen molar-refractivity contribution < 1.29 is 4.79 Å². The third-order valence-electron chi connectivity index (χ3n) is 9.80. The largest absolute Gasteiger partial charge is 0.290 e. The predicted octanol–water partition coefficient (Wildman–Crippen LogP) is 8.52. The molecule has 0 aliphatic heterocycles. The van der Waals surface area contributed by atoms with E-state index in [0.29, 0.717) is 5.78 Å². The van der Waals surface area contributed by atoms with Gasteiger partial charge < -0.3 is 0 Å². The lowest BCUT2D eigenvalue weighted by atomic mass is 9.99. The summed E-state index contributed by atoms with van der Waals surface area (Å²) < 4.78 is 0. The van der Waals surface area contributed by atoms with Gasteiger partial charge in [-0.15, -0.1) is 13.2 Å². The number of benzene rings is 4. The zero-order valence-electron chi connectivity index (χ0n) is 27.7. The zero-order chi connectivity index (χ0) is 32.4. The van der Waals surface area contributed by atoms with Crippen molar-refractivity contribution in [3.05, 3.63) is 168 Å². The van der Waals surface area contributed by atoms with Crippen LogP contribution in [0.1, 0.15) is 52.4 Å². The minimum Gasteiger partial charge on any atom is -0.290 e. The number of Topliss-reactive ketones (excluding diaryl/α,β-unsaturated/α-hetero) is 1. The van der Waals surface area contributed by atoms with Gasteiger partial charge in [-0.3, -0.25) is 4.79 Å². The van der Waals surface area contributed by atoms with Gasteiger partial charge in [0.15, 0.2) is 21.9 Å². The van der Waals surface area contributed by atoms with E-state index < -0.39 is 16.1 Å². The first-order valence-corrected chi connectivity index (χ1v) is 21.5. The Kier molecular flexibility index (Phi) is 11.2. The Morgan fingerprint density at radius 3 is 1.02 bits per heavy atom. The SMILES string of the molecule is C=CC[Si](C1=C(CCCC)C(CCCC)=C([Si](CC=C)(c2ccccc2)c2ccccc2)C1=O)(c1ccccc1)c1ccccc1. The molecule has 0 N–H and O–H groups in total. The highest BCUT2D eigenvalue weighted by Gasteiger charge is 2.54. The molecule has 0 bridgehead atoms. The molecule has 234 valence electrons. The maximum Gasteiger partial charge on any atom is 0.179 e. The van der Waals surface area contributed by atoms with Crippen LogP contribution in [0.5, 0.6) is 0 Å². The number of hydrogen-bond donors (Lipinski definition) is 0. The fourth-order valence-corrected chi connectivity index (χ4v) is 17.6. The smallest absolute Gasteiger partial charge is 0.179 e. The van der Waals surface area contributed by atoms with Crippen molar-refractivity contribution in [2.45, 2.75) is 64.5 Å². The summed E-state index contributed by atoms with van der Waals surface area (Å²) in [6, 6.07) is 45.2. The fourth-order valence-electron chi connectivity index (χ4n) is 7.77. The Hall–Kier alpha value is -4.06. The molecular formula is C43H48OSi2. The van der Waals surface area contributed by atoms with Crippen molar-refractivity contribution in [3.8, 4) is 0 Å². The molecule has 5 rings (SSSR count). The molecule has 1 nitrogen and oxygen atoms in total. The molecule has 46 heavy (non-hydrogen) atoms. The quantitative estimate of drug-likeness (QED) is 0.0890. The van der Waals surface area contributed by atoms with Crippen LogP contribution in [-0.2, 0) is 4.79 Å². The second kappa shape index (κ2) is 15.5. The van der Waals surface area contributed by atoms with Crippen LogP contribution in [0.3, 0.4) is 0 Å². The molecule has 0 fully saturated rings. The monoisotopic (exact) mass is 636 g/mol. The summed E-state index contributed by atoms with van der Waals surface area (Å²) in [5, 5.41) is 7.34. The van der Waals surface area contributed by atoms with Crippen molar-refractivity contribution in [2.24, 2.45) is 0 Å². The minimum atomic E-state index is -2.85. The normalized spacial score (nSPS) is 13.7. The van der Waals surface area contributed by atoms with Gasteiger partial charge in [0.05, 0.1) is 0 Å². The van der Waals surface area contributed by atoms with Crippen LogP contribution >= 0.6 is 0 Å². The molecule has 0 radical (unpaired) electrons. The minimum absolute atomic E-state index is 0.291. The van der Waals surface area contributed by atoms with Crippen LogP contribution in [0.25, 0.3) is 0 Å². The molecular weight excluding hydrogens is 589 g/mol. The molecule has 0 amide bonds. The van der Waals surface area contributed by atoms with E-state index in [1.807, 2.05) is 0 Å². The highest BCUT2D eigenvalue weighted by Crippen LogP contribution is 2.45. The van der Waals surface area contributed by atoms with E-state index in [-0.39, 0.29) is 0 Å². The summed E-state index contributed by atoms with van der Waals surface area (Å²) in [5.74, 6) is 0.291. The molecule has 0 unspecified atom stereocenters. The van der Waals surface area contributed by atoms with Gasteiger partial charge in [0.25, 0.3) is 0 Å². The van der Waals surface area contributed by atoms with Crippen LogP contribution in [0.4, 0.5) is 0 Å². The number of hydrogen-bond acceptors (Lipinski definition) is 1. The molecule has 1 aliphatic rings. The van der Waals surface area contributed by atoms with Crippen LogP contribution in [-0.4, -0.2) is 21.9 Å². The Balaban J connectivity index is 1.94. The molecule has 0 saturated carbocycles. The van der Waals surface area contributed by atoms with E-state index in [1.165, 1.54) is 31.9 Å². The van der Waals surface area contributed by atoms with E-state index in [1.54, 1.807) is 0 Å². The standard InChI is InChI=1S/C43H48OSi2/c1-5-9-31-39-40(32-10-6-2)43(46(34-8-4,37-27-19-13-20-28-37)38-29-21-14-22-30-38)41(44)42(39)45(33-7-3,35-23-15-11-16-24-35)36-25-17-12-18-26-36/h7-8,11-30H,3-6,9-10,31-34H2,1-2H3. The highest BCUT2D eigenvalue weighted by molar-refractivity contribution is 7.15. The van der Waals surface area contributed by atoms with Crippen molar-refractivity contribution in [1.29, 1.82) is 0 Å². The Morgan fingerprint density at radius 2 is 0.783 bits per heavy atom. The van der Waals surface area contributed by atoms with Crippen LogP contribution in [0.15, 0.2) is 168 Å². The van der Waals surface area contributed by atoms with E-state index >= 15 is 4.79 Å². The first-order chi connectivity index (χ1) is 22.6. The Labute approximate surface area is 279 Å². The van der Waals surface area contributed by atoms with Gasteiger partial charge in [-0.25, -0.2) is 0 Å². The highest BCUT2D eigenvalue weighted by atomic mass is 28.3. The number of carbonyl (C=O) groups is 1. The third-order valence-corrected chi connectivity index (χ3v) is 19.6. The first kappa shape index (κ1) is 33.3.